The highest BCUT2D eigenvalue weighted by Crippen LogP contribution is 2.26. The smallest absolute Gasteiger partial charge is 0.227 e. The number of sulfone groups is 2. The molecular weight excluding hydrogens is 350 g/mol. The van der Waals surface area contributed by atoms with Crippen molar-refractivity contribution < 1.29 is 21.6 Å². The monoisotopic (exact) mass is 373 g/mol. The summed E-state index contributed by atoms with van der Waals surface area (Å²) in [6, 6.07) is 5.95. The largest absolute Gasteiger partial charge is 0.315 e. The van der Waals surface area contributed by atoms with Crippen molar-refractivity contribution in [1.82, 2.24) is 0 Å². The fourth-order valence-electron chi connectivity index (χ4n) is 2.87. The fraction of sp³-hybridized carbons (Fsp3) is 0.562. The maximum absolute atomic E-state index is 12.2. The Morgan fingerprint density at radius 3 is 2.12 bits per heavy atom. The Balaban J connectivity index is 1.99. The minimum Gasteiger partial charge on any atom is -0.315 e. The van der Waals surface area contributed by atoms with Crippen LogP contribution in [-0.4, -0.2) is 47.0 Å². The van der Waals surface area contributed by atoms with Gasteiger partial charge in [-0.25, -0.2) is 16.8 Å². The summed E-state index contributed by atoms with van der Waals surface area (Å²) in [7, 11) is -4.96. The lowest BCUT2D eigenvalue weighted by Crippen LogP contribution is -2.30. The zero-order valence-corrected chi connectivity index (χ0v) is 15.6. The Kier molecular flexibility index (Phi) is 5.70. The summed E-state index contributed by atoms with van der Waals surface area (Å²) in [4.78, 5) is 13.8. The molecule has 1 aromatic rings. The van der Waals surface area contributed by atoms with E-state index in [1.54, 1.807) is 19.2 Å². The molecule has 0 spiro atoms. The van der Waals surface area contributed by atoms with Crippen LogP contribution >= 0.6 is 0 Å². The molecular formula is C16H23NO5S2. The van der Waals surface area contributed by atoms with Crippen LogP contribution < -0.4 is 4.90 Å². The van der Waals surface area contributed by atoms with Crippen molar-refractivity contribution in [3.8, 4) is 0 Å². The quantitative estimate of drug-likeness (QED) is 0.759. The number of hydrogen-bond donors (Lipinski definition) is 0. The Morgan fingerprint density at radius 2 is 1.62 bits per heavy atom. The Morgan fingerprint density at radius 1 is 1.08 bits per heavy atom. The summed E-state index contributed by atoms with van der Waals surface area (Å²) < 4.78 is 47.3. The normalized spacial score (nSPS) is 16.2. The number of rotatable bonds is 6. The molecule has 1 saturated carbocycles. The van der Waals surface area contributed by atoms with Gasteiger partial charge in [-0.2, -0.15) is 0 Å². The van der Waals surface area contributed by atoms with Crippen LogP contribution in [0.15, 0.2) is 29.2 Å². The van der Waals surface area contributed by atoms with Crippen LogP contribution in [0.4, 0.5) is 5.69 Å². The van der Waals surface area contributed by atoms with Crippen LogP contribution in [0.2, 0.25) is 0 Å². The van der Waals surface area contributed by atoms with E-state index in [-0.39, 0.29) is 28.2 Å². The first-order chi connectivity index (χ1) is 11.1. The van der Waals surface area contributed by atoms with Crippen LogP contribution in [0.25, 0.3) is 0 Å². The lowest BCUT2D eigenvalue weighted by atomic mass is 10.3. The van der Waals surface area contributed by atoms with E-state index < -0.39 is 19.7 Å². The molecule has 0 bridgehead atoms. The molecule has 8 heteroatoms. The predicted octanol–water partition coefficient (Wildman–Crippen LogP) is 1.80. The molecule has 1 amide bonds. The lowest BCUT2D eigenvalue weighted by Gasteiger charge is -2.18. The van der Waals surface area contributed by atoms with Gasteiger partial charge in [0.25, 0.3) is 0 Å². The van der Waals surface area contributed by atoms with E-state index in [1.807, 2.05) is 0 Å². The molecule has 0 N–H and O–H groups in total. The summed E-state index contributed by atoms with van der Waals surface area (Å²) in [5, 5.41) is -0.301. The van der Waals surface area contributed by atoms with Crippen molar-refractivity contribution in [2.45, 2.75) is 42.2 Å². The Bertz CT molecular complexity index is 791. The summed E-state index contributed by atoms with van der Waals surface area (Å²) in [6.45, 7) is 0. The first-order valence-electron chi connectivity index (χ1n) is 7.89. The molecule has 134 valence electrons. The molecule has 0 aromatic heterocycles. The summed E-state index contributed by atoms with van der Waals surface area (Å²) in [5.41, 5.74) is 0.533. The van der Waals surface area contributed by atoms with Gasteiger partial charge in [0.05, 0.1) is 15.9 Å². The third-order valence-electron chi connectivity index (χ3n) is 4.44. The zero-order chi connectivity index (χ0) is 18.0. The third kappa shape index (κ3) is 4.57. The predicted molar refractivity (Wildman–Crippen MR) is 93.6 cm³/mol. The van der Waals surface area contributed by atoms with Gasteiger partial charge in [0, 0.05) is 25.4 Å². The number of carbonyl (C=O) groups excluding carboxylic acids is 1. The number of carbonyl (C=O) groups is 1. The van der Waals surface area contributed by atoms with Crippen LogP contribution in [0.5, 0.6) is 0 Å². The Hall–Kier alpha value is -1.41. The van der Waals surface area contributed by atoms with Gasteiger partial charge in [-0.3, -0.25) is 4.79 Å². The molecule has 6 nitrogen and oxygen atoms in total. The second-order valence-corrected chi connectivity index (χ2v) is 10.7. The van der Waals surface area contributed by atoms with Gasteiger partial charge in [0.15, 0.2) is 19.7 Å². The van der Waals surface area contributed by atoms with E-state index in [1.165, 1.54) is 17.0 Å². The van der Waals surface area contributed by atoms with Gasteiger partial charge in [-0.05, 0) is 37.1 Å². The first kappa shape index (κ1) is 18.9. The number of benzene rings is 1. The van der Waals surface area contributed by atoms with Crippen molar-refractivity contribution in [3.05, 3.63) is 24.3 Å². The molecule has 0 radical (unpaired) electrons. The SMILES string of the molecule is CN(C(=O)CCS(=O)(=O)C1CCCC1)c1ccc(S(C)(=O)=O)cc1. The minimum absolute atomic E-state index is 0.0663. The highest BCUT2D eigenvalue weighted by Gasteiger charge is 2.29. The van der Waals surface area contributed by atoms with Crippen molar-refractivity contribution >= 4 is 31.3 Å². The third-order valence-corrected chi connectivity index (χ3v) is 7.83. The van der Waals surface area contributed by atoms with Crippen LogP contribution in [0.1, 0.15) is 32.1 Å². The molecule has 1 aliphatic carbocycles. The van der Waals surface area contributed by atoms with Gasteiger partial charge in [-0.1, -0.05) is 12.8 Å². The maximum Gasteiger partial charge on any atom is 0.227 e. The van der Waals surface area contributed by atoms with Gasteiger partial charge < -0.3 is 4.90 Å². The molecule has 2 rings (SSSR count). The molecule has 1 aliphatic rings. The number of nitrogens with zero attached hydrogens (tertiary/aromatic N) is 1. The maximum atomic E-state index is 12.2. The topological polar surface area (TPSA) is 88.6 Å². The average Bonchev–Trinajstić information content (AvgIpc) is 3.06. The molecule has 1 aromatic carbocycles. The standard InChI is InChI=1S/C16H23NO5S2/c1-17(13-7-9-14(10-8-13)23(2,19)20)16(18)11-12-24(21,22)15-5-3-4-6-15/h7-10,15H,3-6,11-12H2,1-2H3. The van der Waals surface area contributed by atoms with Gasteiger partial charge in [-0.15, -0.1) is 0 Å². The van der Waals surface area contributed by atoms with Crippen LogP contribution in [0, 0.1) is 0 Å². The van der Waals surface area contributed by atoms with Crippen LogP contribution in [-0.2, 0) is 24.5 Å². The number of hydrogen-bond acceptors (Lipinski definition) is 5. The van der Waals surface area contributed by atoms with E-state index in [2.05, 4.69) is 0 Å². The van der Waals surface area contributed by atoms with E-state index >= 15 is 0 Å². The molecule has 0 aliphatic heterocycles. The summed E-state index contributed by atoms with van der Waals surface area (Å²) in [5.74, 6) is -0.439. The molecule has 0 atom stereocenters. The van der Waals surface area contributed by atoms with Crippen molar-refractivity contribution in [1.29, 1.82) is 0 Å². The van der Waals surface area contributed by atoms with Crippen molar-refractivity contribution in [3.63, 3.8) is 0 Å². The molecule has 0 heterocycles. The second-order valence-electron chi connectivity index (χ2n) is 6.24. The second kappa shape index (κ2) is 7.23. The van der Waals surface area contributed by atoms with Gasteiger partial charge >= 0.3 is 0 Å². The average molecular weight is 373 g/mol. The fourth-order valence-corrected chi connectivity index (χ4v) is 5.35. The molecule has 1 fully saturated rings. The molecule has 0 saturated heterocycles. The van der Waals surface area contributed by atoms with Gasteiger partial charge in [0.1, 0.15) is 0 Å². The van der Waals surface area contributed by atoms with E-state index in [4.69, 9.17) is 0 Å². The minimum atomic E-state index is -3.29. The Labute approximate surface area is 143 Å². The van der Waals surface area contributed by atoms with E-state index in [9.17, 15) is 21.6 Å². The lowest BCUT2D eigenvalue weighted by molar-refractivity contribution is -0.117. The first-order valence-corrected chi connectivity index (χ1v) is 11.5. The van der Waals surface area contributed by atoms with Crippen molar-refractivity contribution in [2.24, 2.45) is 0 Å². The molecule has 24 heavy (non-hydrogen) atoms. The number of amides is 1. The molecule has 0 unspecified atom stereocenters. The highest BCUT2D eigenvalue weighted by molar-refractivity contribution is 7.92. The zero-order valence-electron chi connectivity index (χ0n) is 13.9. The van der Waals surface area contributed by atoms with E-state index in [0.717, 1.165) is 19.1 Å². The van der Waals surface area contributed by atoms with Crippen molar-refractivity contribution in [2.75, 3.05) is 24.0 Å². The summed E-state index contributed by atoms with van der Waals surface area (Å²) in [6.07, 6.45) is 4.31. The van der Waals surface area contributed by atoms with Crippen LogP contribution in [0.3, 0.4) is 0 Å². The van der Waals surface area contributed by atoms with Gasteiger partial charge in [0.2, 0.25) is 5.91 Å². The highest BCUT2D eigenvalue weighted by atomic mass is 32.2. The van der Waals surface area contributed by atoms with E-state index in [0.29, 0.717) is 18.5 Å². The summed E-state index contributed by atoms with van der Waals surface area (Å²) >= 11 is 0. The number of anilines is 1.